The largest absolute Gasteiger partial charge is 0.499 e. The highest BCUT2D eigenvalue weighted by molar-refractivity contribution is 9.10. The molecule has 101 heavy (non-hydrogen) atoms. The molecular formula is C68H106B2BrNO28S. The predicted molar refractivity (Wildman–Crippen MR) is 373 cm³/mol. The van der Waals surface area contributed by atoms with E-state index in [1.54, 1.807) is 42.5 Å². The van der Waals surface area contributed by atoms with Gasteiger partial charge in [0.05, 0.1) is 141 Å². The van der Waals surface area contributed by atoms with Gasteiger partial charge in [0.15, 0.2) is 35.2 Å². The van der Waals surface area contributed by atoms with Crippen LogP contribution >= 0.6 is 15.9 Å². The van der Waals surface area contributed by atoms with Crippen LogP contribution in [0.2, 0.25) is 0 Å². The van der Waals surface area contributed by atoms with Crippen LogP contribution in [0, 0.1) is 45.6 Å². The Balaban J connectivity index is 0.000000229. The SMILES string of the molecule is CC1(C)OCC(CO)CO1.CC1(C)OCC(COS(C)(=O)=O)CO1.CC1(C)OCC(COc2cccc(C=O)c2B2OC(C)(C)C(C)(C)O2)CO1.CC1(C)OCC(COc2cccc(C=O)c2Br)CO1.CC1(C)OCC(COc2cccc3c2B(O)OC3C[N+](=O)[O-])CO1.OCC(CO)CO. The van der Waals surface area contributed by atoms with Crippen LogP contribution in [0.1, 0.15) is 129 Å². The van der Waals surface area contributed by atoms with Crippen LogP contribution in [-0.4, -0.2) is 237 Å². The minimum absolute atomic E-state index is 0.0160. The van der Waals surface area contributed by atoms with Gasteiger partial charge in [-0.25, -0.2) is 0 Å². The van der Waals surface area contributed by atoms with Crippen LogP contribution in [0.4, 0.5) is 0 Å². The number of halogens is 1. The van der Waals surface area contributed by atoms with Crippen molar-refractivity contribution in [3.8, 4) is 17.2 Å². The van der Waals surface area contributed by atoms with E-state index in [-0.39, 0.29) is 68.5 Å². The van der Waals surface area contributed by atoms with E-state index in [0.29, 0.717) is 135 Å². The maximum atomic E-state index is 11.6. The van der Waals surface area contributed by atoms with E-state index in [1.165, 1.54) is 0 Å². The van der Waals surface area contributed by atoms with Crippen molar-refractivity contribution < 1.29 is 128 Å². The van der Waals surface area contributed by atoms with Gasteiger partial charge in [-0.05, 0) is 137 Å². The van der Waals surface area contributed by atoms with Crippen molar-refractivity contribution in [3.05, 3.63) is 85.9 Å². The molecule has 0 amide bonds. The van der Waals surface area contributed by atoms with Crippen LogP contribution in [-0.2, 0) is 75.6 Å². The van der Waals surface area contributed by atoms with E-state index in [1.807, 2.05) is 109 Å². The van der Waals surface area contributed by atoms with Crippen LogP contribution in [0.15, 0.2) is 59.1 Å². The Bertz CT molecular complexity index is 3100. The molecule has 5 N–H and O–H groups in total. The van der Waals surface area contributed by atoms with Crippen molar-refractivity contribution in [2.24, 2.45) is 35.5 Å². The fraction of sp³-hybridized carbons (Fsp3) is 0.706. The first-order chi connectivity index (χ1) is 47.2. The monoisotopic (exact) mass is 1520 g/mol. The smallest absolute Gasteiger partial charge is 0.493 e. The van der Waals surface area contributed by atoms with Crippen molar-refractivity contribution in [3.63, 3.8) is 0 Å². The third kappa shape index (κ3) is 29.1. The molecule has 0 bridgehead atoms. The standard InChI is InChI=1S/C20H29BO6.C15H20BNO7.C14H17BrO4.C8H16O5S.C7H14O3.C4H10O3/c1-18(2)19(3,4)27-21(26-18)17-15(10-22)8-7-9-16(17)23-11-14-12-24-20(5,6)25-13-14;1-15(2)22-8-10(9-23-15)7-21-12-5-3-4-11-13(6-17(19)20)24-16(18)14(11)12;1-14(2)18-8-10(9-19-14)7-17-12-5-3-4-11(6-16)13(12)15;1-8(2)11-4-7(5-12-8)6-13-14(3,9)10;1-7(2)9-4-6(3-8)5-10-7;5-1-4(2-6)3-7/h7-10,14H,11-13H2,1-6H3;3-5,10,13,18H,6-9H2,1-2H3;3-6,10H,7-9H2,1-2H3;7H,4-6H2,1-3H3;6,8H,3-5H2,1-2H3;4-7H,1-3H2. The highest BCUT2D eigenvalue weighted by Gasteiger charge is 2.53. The van der Waals surface area contributed by atoms with Crippen molar-refractivity contribution in [1.29, 1.82) is 0 Å². The molecule has 3 aromatic carbocycles. The quantitative estimate of drug-likeness (QED) is 0.0291. The first kappa shape index (κ1) is 87.2. The summed E-state index contributed by atoms with van der Waals surface area (Å²) in [6, 6.07) is 15.9. The summed E-state index contributed by atoms with van der Waals surface area (Å²) in [4.78, 5) is 32.7. The minimum atomic E-state index is -3.36. The topological polar surface area (TPSA) is 369 Å². The molecule has 570 valence electrons. The maximum absolute atomic E-state index is 11.6. The first-order valence-electron chi connectivity index (χ1n) is 33.5. The number of rotatable bonds is 21. The van der Waals surface area contributed by atoms with E-state index in [4.69, 9.17) is 96.0 Å². The van der Waals surface area contributed by atoms with Gasteiger partial charge in [0.2, 0.25) is 6.54 Å². The number of hydrogen-bond acceptors (Lipinski definition) is 28. The fourth-order valence-electron chi connectivity index (χ4n) is 9.68. The zero-order valence-corrected chi connectivity index (χ0v) is 63.2. The van der Waals surface area contributed by atoms with Crippen molar-refractivity contribution >= 4 is 63.8 Å². The molecule has 6 fully saturated rings. The van der Waals surface area contributed by atoms with Gasteiger partial charge in [0.1, 0.15) is 29.6 Å². The molecule has 33 heteroatoms. The molecule has 7 aliphatic rings. The Hall–Kier alpha value is -4.40. The Morgan fingerprint density at radius 3 is 1.22 bits per heavy atom. The summed E-state index contributed by atoms with van der Waals surface area (Å²) in [5.41, 5.74) is 1.77. The summed E-state index contributed by atoms with van der Waals surface area (Å²) in [5, 5.41) is 54.1. The maximum Gasteiger partial charge on any atom is 0.499 e. The molecule has 1 unspecified atom stereocenters. The lowest BCUT2D eigenvalue weighted by Gasteiger charge is -2.34. The average molecular weight is 1520 g/mol. The first-order valence-corrected chi connectivity index (χ1v) is 36.1. The number of fused-ring (bicyclic) bond motifs is 1. The highest BCUT2D eigenvalue weighted by atomic mass is 79.9. The molecule has 10 rings (SSSR count). The molecule has 0 saturated carbocycles. The number of aliphatic hydroxyl groups excluding tert-OH is 4. The van der Waals surface area contributed by atoms with Crippen LogP contribution in [0.5, 0.6) is 17.2 Å². The Morgan fingerprint density at radius 2 is 0.871 bits per heavy atom. The molecule has 1 atom stereocenters. The molecule has 0 aromatic heterocycles. The van der Waals surface area contributed by atoms with Gasteiger partial charge in [0.25, 0.3) is 10.1 Å². The van der Waals surface area contributed by atoms with Crippen molar-refractivity contribution in [1.82, 2.24) is 0 Å². The number of nitrogens with zero attached hydrogens (tertiary/aromatic N) is 1. The van der Waals surface area contributed by atoms with E-state index in [9.17, 15) is 33.1 Å². The minimum Gasteiger partial charge on any atom is -0.493 e. The number of hydrogen-bond donors (Lipinski definition) is 5. The molecular weight excluding hydrogens is 1410 g/mol. The molecule has 7 heterocycles. The number of nitro groups is 1. The number of benzene rings is 3. The number of carbonyl (C=O) groups is 2. The number of carbonyl (C=O) groups excluding carboxylic acids is 2. The van der Waals surface area contributed by atoms with Gasteiger partial charge < -0.3 is 101 Å². The van der Waals surface area contributed by atoms with Crippen LogP contribution in [0.3, 0.4) is 0 Å². The third-order valence-corrected chi connectivity index (χ3v) is 18.2. The van der Waals surface area contributed by atoms with Crippen LogP contribution < -0.4 is 25.1 Å². The summed E-state index contributed by atoms with van der Waals surface area (Å²) in [7, 11) is -5.25. The highest BCUT2D eigenvalue weighted by Crippen LogP contribution is 2.38. The number of aliphatic hydroxyl groups is 4. The lowest BCUT2D eigenvalue weighted by atomic mass is 9.75. The molecule has 29 nitrogen and oxygen atoms in total. The predicted octanol–water partition coefficient (Wildman–Crippen LogP) is 5.43. The second-order valence-electron chi connectivity index (χ2n) is 28.5. The molecule has 6 saturated heterocycles. The average Bonchev–Trinajstić information content (AvgIpc) is 1.62. The van der Waals surface area contributed by atoms with E-state index >= 15 is 0 Å². The van der Waals surface area contributed by atoms with Crippen molar-refractivity contribution in [2.75, 3.05) is 132 Å². The van der Waals surface area contributed by atoms with Gasteiger partial charge in [-0.3, -0.25) is 23.9 Å². The Labute approximate surface area is 602 Å². The summed E-state index contributed by atoms with van der Waals surface area (Å²) >= 11 is 3.37. The van der Waals surface area contributed by atoms with E-state index in [2.05, 4.69) is 20.1 Å². The van der Waals surface area contributed by atoms with Gasteiger partial charge in [0, 0.05) is 62.5 Å². The van der Waals surface area contributed by atoms with E-state index in [0.717, 1.165) is 18.8 Å². The zero-order valence-electron chi connectivity index (χ0n) is 60.8. The number of ether oxygens (including phenoxy) is 13. The zero-order chi connectivity index (χ0) is 75.2. The molecule has 3 aromatic rings. The van der Waals surface area contributed by atoms with Gasteiger partial charge in [-0.1, -0.05) is 36.4 Å². The summed E-state index contributed by atoms with van der Waals surface area (Å²) in [5.74, 6) is -0.765. The summed E-state index contributed by atoms with van der Waals surface area (Å²) < 4.78 is 117. The van der Waals surface area contributed by atoms with Gasteiger partial charge in [-0.15, -0.1) is 0 Å². The fourth-order valence-corrected chi connectivity index (χ4v) is 10.6. The normalized spacial score (nSPS) is 22.1. The Morgan fingerprint density at radius 1 is 0.535 bits per heavy atom. The molecule has 0 spiro atoms. The lowest BCUT2D eigenvalue weighted by Crippen LogP contribution is -2.42. The second-order valence-corrected chi connectivity index (χ2v) is 30.9. The van der Waals surface area contributed by atoms with Crippen LogP contribution in [0.25, 0.3) is 0 Å². The Kier molecular flexibility index (Phi) is 33.9. The van der Waals surface area contributed by atoms with Gasteiger partial charge >= 0.3 is 14.2 Å². The van der Waals surface area contributed by atoms with Crippen molar-refractivity contribution in [2.45, 2.75) is 143 Å². The van der Waals surface area contributed by atoms with E-state index < -0.39 is 82.1 Å². The molecule has 0 radical (unpaired) electrons. The lowest BCUT2D eigenvalue weighted by molar-refractivity contribution is -0.490. The number of aldehydes is 2. The van der Waals surface area contributed by atoms with Gasteiger partial charge in [-0.2, -0.15) is 8.42 Å². The summed E-state index contributed by atoms with van der Waals surface area (Å²) in [6.07, 6.45) is 1.87. The molecule has 0 aliphatic carbocycles. The third-order valence-electron chi connectivity index (χ3n) is 16.8. The molecule has 7 aliphatic heterocycles. The summed E-state index contributed by atoms with van der Waals surface area (Å²) in [6.45, 7) is 32.8. The second kappa shape index (κ2) is 39.3.